The second kappa shape index (κ2) is 4.26. The van der Waals surface area contributed by atoms with Crippen molar-refractivity contribution >= 4 is 11.2 Å². The molecule has 0 fully saturated rings. The molecule has 0 saturated carbocycles. The number of nitrogens with zero attached hydrogens (tertiary/aromatic N) is 2. The lowest BCUT2D eigenvalue weighted by Crippen LogP contribution is -2.04. The van der Waals surface area contributed by atoms with E-state index < -0.39 is 11.7 Å². The standard InChI is InChI=1S/C14H10F3N3/c15-14(16,17)10-3-1-2-9(6-10)13-19-7-12-5-4-11(18)8-20(12)13/h1-8H,18H2. The van der Waals surface area contributed by atoms with E-state index in [4.69, 9.17) is 5.73 Å². The monoisotopic (exact) mass is 277 g/mol. The number of halogens is 3. The molecule has 1 aromatic carbocycles. The number of nitrogen functional groups attached to an aromatic ring is 1. The lowest BCUT2D eigenvalue weighted by atomic mass is 10.1. The molecule has 20 heavy (non-hydrogen) atoms. The molecule has 0 saturated heterocycles. The van der Waals surface area contributed by atoms with Crippen molar-refractivity contribution in [1.82, 2.24) is 9.38 Å². The van der Waals surface area contributed by atoms with E-state index in [0.717, 1.165) is 17.6 Å². The van der Waals surface area contributed by atoms with Crippen LogP contribution in [0.25, 0.3) is 16.9 Å². The van der Waals surface area contributed by atoms with Gasteiger partial charge in [0.15, 0.2) is 0 Å². The van der Waals surface area contributed by atoms with Crippen LogP contribution in [0.3, 0.4) is 0 Å². The molecule has 0 amide bonds. The van der Waals surface area contributed by atoms with Gasteiger partial charge in [-0.05, 0) is 24.3 Å². The molecule has 0 radical (unpaired) electrons. The molecule has 6 heteroatoms. The minimum Gasteiger partial charge on any atom is -0.398 e. The number of anilines is 1. The molecule has 3 rings (SSSR count). The normalized spacial score (nSPS) is 11.9. The lowest BCUT2D eigenvalue weighted by molar-refractivity contribution is -0.137. The molecule has 3 aromatic rings. The van der Waals surface area contributed by atoms with Gasteiger partial charge in [0.1, 0.15) is 5.82 Å². The fraction of sp³-hybridized carbons (Fsp3) is 0.0714. The highest BCUT2D eigenvalue weighted by Crippen LogP contribution is 2.32. The summed E-state index contributed by atoms with van der Waals surface area (Å²) in [6.45, 7) is 0. The smallest absolute Gasteiger partial charge is 0.398 e. The number of aromatic nitrogens is 2. The number of fused-ring (bicyclic) bond motifs is 1. The third kappa shape index (κ3) is 2.09. The van der Waals surface area contributed by atoms with E-state index in [2.05, 4.69) is 4.98 Å². The maximum Gasteiger partial charge on any atom is 0.416 e. The zero-order chi connectivity index (χ0) is 14.3. The minimum absolute atomic E-state index is 0.394. The Labute approximate surface area is 112 Å². The predicted molar refractivity (Wildman–Crippen MR) is 70.0 cm³/mol. The van der Waals surface area contributed by atoms with Crippen LogP contribution in [0.15, 0.2) is 48.8 Å². The maximum atomic E-state index is 12.7. The highest BCUT2D eigenvalue weighted by molar-refractivity contribution is 5.64. The first-order chi connectivity index (χ1) is 9.45. The maximum absolute atomic E-state index is 12.7. The first-order valence-electron chi connectivity index (χ1n) is 5.85. The predicted octanol–water partition coefficient (Wildman–Crippen LogP) is 3.60. The molecule has 2 N–H and O–H groups in total. The third-order valence-electron chi connectivity index (χ3n) is 3.00. The Morgan fingerprint density at radius 2 is 1.90 bits per heavy atom. The molecule has 0 spiro atoms. The molecule has 0 aliphatic heterocycles. The largest absolute Gasteiger partial charge is 0.416 e. The summed E-state index contributed by atoms with van der Waals surface area (Å²) in [5.74, 6) is 0.429. The number of rotatable bonds is 1. The van der Waals surface area contributed by atoms with Crippen molar-refractivity contribution in [3.8, 4) is 11.4 Å². The van der Waals surface area contributed by atoms with Gasteiger partial charge in [-0.15, -0.1) is 0 Å². The number of imidazole rings is 1. The van der Waals surface area contributed by atoms with E-state index >= 15 is 0 Å². The van der Waals surface area contributed by atoms with Crippen molar-refractivity contribution in [2.45, 2.75) is 6.18 Å². The van der Waals surface area contributed by atoms with Crippen molar-refractivity contribution < 1.29 is 13.2 Å². The average Bonchev–Trinajstić information content (AvgIpc) is 2.81. The van der Waals surface area contributed by atoms with Gasteiger partial charge in [-0.25, -0.2) is 4.98 Å². The van der Waals surface area contributed by atoms with E-state index in [1.807, 2.05) is 0 Å². The Balaban J connectivity index is 2.18. The summed E-state index contributed by atoms with van der Waals surface area (Å²) >= 11 is 0. The third-order valence-corrected chi connectivity index (χ3v) is 3.00. The molecule has 2 heterocycles. The van der Waals surface area contributed by atoms with Crippen LogP contribution in [0, 0.1) is 0 Å². The second-order valence-corrected chi connectivity index (χ2v) is 4.42. The number of hydrogen-bond acceptors (Lipinski definition) is 2. The highest BCUT2D eigenvalue weighted by atomic mass is 19.4. The molecule has 0 unspecified atom stereocenters. The van der Waals surface area contributed by atoms with E-state index in [-0.39, 0.29) is 0 Å². The van der Waals surface area contributed by atoms with Crippen molar-refractivity contribution in [1.29, 1.82) is 0 Å². The summed E-state index contributed by atoms with van der Waals surface area (Å²) in [4.78, 5) is 4.17. The van der Waals surface area contributed by atoms with Crippen molar-refractivity contribution in [2.24, 2.45) is 0 Å². The second-order valence-electron chi connectivity index (χ2n) is 4.42. The van der Waals surface area contributed by atoms with Crippen molar-refractivity contribution in [3.05, 3.63) is 54.4 Å². The van der Waals surface area contributed by atoms with Crippen LogP contribution in [0.2, 0.25) is 0 Å². The number of benzene rings is 1. The van der Waals surface area contributed by atoms with Crippen LogP contribution in [0.4, 0.5) is 18.9 Å². The zero-order valence-electron chi connectivity index (χ0n) is 10.2. The van der Waals surface area contributed by atoms with Gasteiger partial charge in [0, 0.05) is 17.4 Å². The quantitative estimate of drug-likeness (QED) is 0.738. The van der Waals surface area contributed by atoms with Crippen LogP contribution in [0.5, 0.6) is 0 Å². The van der Waals surface area contributed by atoms with Crippen LogP contribution in [-0.4, -0.2) is 9.38 Å². The minimum atomic E-state index is -4.37. The van der Waals surface area contributed by atoms with E-state index in [1.165, 1.54) is 6.07 Å². The molecule has 0 bridgehead atoms. The van der Waals surface area contributed by atoms with Gasteiger partial charge >= 0.3 is 6.18 Å². The van der Waals surface area contributed by atoms with Crippen LogP contribution < -0.4 is 5.73 Å². The molecule has 2 aromatic heterocycles. The molecule has 102 valence electrons. The average molecular weight is 277 g/mol. The first-order valence-corrected chi connectivity index (χ1v) is 5.85. The van der Waals surface area contributed by atoms with Gasteiger partial charge < -0.3 is 5.73 Å². The summed E-state index contributed by atoms with van der Waals surface area (Å²) in [7, 11) is 0. The van der Waals surface area contributed by atoms with Crippen LogP contribution in [0.1, 0.15) is 5.56 Å². The molecular weight excluding hydrogens is 267 g/mol. The zero-order valence-corrected chi connectivity index (χ0v) is 10.2. The summed E-state index contributed by atoms with van der Waals surface area (Å²) < 4.78 is 39.9. The Hall–Kier alpha value is -2.50. The Morgan fingerprint density at radius 1 is 1.10 bits per heavy atom. The Kier molecular flexibility index (Phi) is 2.67. The molecule has 0 atom stereocenters. The highest BCUT2D eigenvalue weighted by Gasteiger charge is 2.30. The summed E-state index contributed by atoms with van der Waals surface area (Å²) in [6.07, 6.45) is -1.14. The summed E-state index contributed by atoms with van der Waals surface area (Å²) in [5, 5.41) is 0. The molecular formula is C14H10F3N3. The van der Waals surface area contributed by atoms with E-state index in [1.54, 1.807) is 35.0 Å². The molecule has 3 nitrogen and oxygen atoms in total. The SMILES string of the molecule is Nc1ccc2cnc(-c3cccc(C(F)(F)F)c3)n2c1. The number of pyridine rings is 1. The number of alkyl halides is 3. The van der Waals surface area contributed by atoms with Gasteiger partial charge in [-0.3, -0.25) is 4.40 Å². The van der Waals surface area contributed by atoms with Crippen molar-refractivity contribution in [3.63, 3.8) is 0 Å². The fourth-order valence-electron chi connectivity index (χ4n) is 2.05. The van der Waals surface area contributed by atoms with Crippen LogP contribution >= 0.6 is 0 Å². The van der Waals surface area contributed by atoms with E-state index in [9.17, 15) is 13.2 Å². The number of hydrogen-bond donors (Lipinski definition) is 1. The summed E-state index contributed by atoms with van der Waals surface area (Å²) in [5.41, 5.74) is 6.68. The topological polar surface area (TPSA) is 43.3 Å². The van der Waals surface area contributed by atoms with Gasteiger partial charge in [-0.2, -0.15) is 13.2 Å². The lowest BCUT2D eigenvalue weighted by Gasteiger charge is -2.08. The van der Waals surface area contributed by atoms with Crippen LogP contribution in [-0.2, 0) is 6.18 Å². The van der Waals surface area contributed by atoms with E-state index in [0.29, 0.717) is 17.1 Å². The number of nitrogens with two attached hydrogens (primary N) is 1. The molecule has 0 aliphatic carbocycles. The van der Waals surface area contributed by atoms with Gasteiger partial charge in [0.25, 0.3) is 0 Å². The van der Waals surface area contributed by atoms with Gasteiger partial charge in [0.2, 0.25) is 0 Å². The molecule has 0 aliphatic rings. The first kappa shape index (κ1) is 12.5. The summed E-state index contributed by atoms with van der Waals surface area (Å²) in [6, 6.07) is 8.55. The Bertz CT molecular complexity index is 775. The van der Waals surface area contributed by atoms with Gasteiger partial charge in [-0.1, -0.05) is 12.1 Å². The fourth-order valence-corrected chi connectivity index (χ4v) is 2.05. The Morgan fingerprint density at radius 3 is 2.65 bits per heavy atom. The van der Waals surface area contributed by atoms with Crippen molar-refractivity contribution in [2.75, 3.05) is 5.73 Å². The van der Waals surface area contributed by atoms with Gasteiger partial charge in [0.05, 0.1) is 17.3 Å².